The Bertz CT molecular complexity index is 34.5. The molecule has 0 rings (SSSR count). The van der Waals surface area contributed by atoms with Gasteiger partial charge < -0.3 is 10.5 Å². The zero-order chi connectivity index (χ0) is 3.58. The molecule has 0 amide bonds. The summed E-state index contributed by atoms with van der Waals surface area (Å²) in [5.74, 6) is 0. The van der Waals surface area contributed by atoms with E-state index in [1.54, 1.807) is 0 Å². The maximum absolute atomic E-state index is 7.45. The molecule has 0 spiro atoms. The molecule has 0 aliphatic heterocycles. The minimum atomic E-state index is -1.78. The van der Waals surface area contributed by atoms with E-state index in [0.717, 1.165) is 0 Å². The van der Waals surface area contributed by atoms with Crippen molar-refractivity contribution < 1.29 is 61.9 Å². The van der Waals surface area contributed by atoms with Crippen LogP contribution < -0.4 is 51.4 Å². The Morgan fingerprint density at radius 2 is 1.60 bits per heavy atom. The van der Waals surface area contributed by atoms with Crippen molar-refractivity contribution in [1.82, 2.24) is 0 Å². The molecule has 5 heavy (non-hydrogen) atoms. The van der Waals surface area contributed by atoms with Gasteiger partial charge in [0.05, 0.1) is 0 Å². The summed E-state index contributed by atoms with van der Waals surface area (Å²) < 4.78 is 14.9. The molecule has 0 aromatic rings. The molecule has 0 atom stereocenters. The second-order valence-electron chi connectivity index (χ2n) is 0.231. The van der Waals surface area contributed by atoms with Crippen molar-refractivity contribution in [2.75, 3.05) is 0 Å². The van der Waals surface area contributed by atoms with Crippen LogP contribution in [0, 0.1) is 0 Å². The molecule has 2 N–H and O–H groups in total. The molecular formula is H3KO2S2. The van der Waals surface area contributed by atoms with Crippen molar-refractivity contribution in [3.05, 3.63) is 0 Å². The molecular weight excluding hydrogens is 135 g/mol. The molecule has 0 unspecified atom stereocenters. The van der Waals surface area contributed by atoms with Crippen molar-refractivity contribution >= 4 is 21.2 Å². The summed E-state index contributed by atoms with van der Waals surface area (Å²) in [6.07, 6.45) is 0. The minimum Gasteiger partial charge on any atom is -1.00 e. The summed E-state index contributed by atoms with van der Waals surface area (Å²) in [5, 5.41) is 0. The van der Waals surface area contributed by atoms with Gasteiger partial charge in [-0.05, 0) is 0 Å². The molecule has 2 nitrogen and oxygen atoms in total. The third kappa shape index (κ3) is 23.1. The molecule has 0 aromatic carbocycles. The fraction of sp³-hybridized carbons (Fsp3) is 0. The van der Waals surface area contributed by atoms with Gasteiger partial charge in [0, 0.05) is 11.2 Å². The van der Waals surface area contributed by atoms with Gasteiger partial charge in [0.2, 0.25) is 0 Å². The second-order valence-corrected chi connectivity index (χ2v) is 1.59. The maximum atomic E-state index is 7.45. The Labute approximate surface area is 81.5 Å². The molecule has 0 heterocycles. The van der Waals surface area contributed by atoms with Crippen molar-refractivity contribution in [2.45, 2.75) is 0 Å². The first kappa shape index (κ1) is 10.2. The van der Waals surface area contributed by atoms with E-state index in [1.807, 2.05) is 0 Å². The first-order valence-corrected chi connectivity index (χ1v) is 2.60. The van der Waals surface area contributed by atoms with Crippen LogP contribution >= 0.6 is 0 Å². The molecule has 0 saturated heterocycles. The van der Waals surface area contributed by atoms with Crippen LogP contribution in [-0.4, -0.2) is 9.11 Å². The van der Waals surface area contributed by atoms with Crippen LogP contribution in [-0.2, 0) is 21.2 Å². The summed E-state index contributed by atoms with van der Waals surface area (Å²) in [4.78, 5) is 0. The van der Waals surface area contributed by atoms with Crippen LogP contribution in [0.25, 0.3) is 0 Å². The number of hydrogen-bond acceptors (Lipinski definition) is 1. The normalized spacial score (nSPS) is 7.00. The van der Waals surface area contributed by atoms with Crippen LogP contribution in [0.15, 0.2) is 0 Å². The van der Waals surface area contributed by atoms with Gasteiger partial charge in [-0.15, -0.1) is 0 Å². The van der Waals surface area contributed by atoms with Gasteiger partial charge in [-0.25, -0.2) is 0 Å². The fourth-order valence-corrected chi connectivity index (χ4v) is 0. The zero-order valence-corrected chi connectivity index (χ0v) is 7.47. The van der Waals surface area contributed by atoms with Crippen molar-refractivity contribution in [1.29, 1.82) is 0 Å². The predicted molar refractivity (Wildman–Crippen MR) is 21.1 cm³/mol. The van der Waals surface area contributed by atoms with E-state index in [9.17, 15) is 0 Å². The third-order valence-corrected chi connectivity index (χ3v) is 0. The smallest absolute Gasteiger partial charge is 1.00 e. The van der Waals surface area contributed by atoms with Gasteiger partial charge in [0.25, 0.3) is 0 Å². The largest absolute Gasteiger partial charge is 1.00 e. The Kier molecular flexibility index (Phi) is 12.5. The van der Waals surface area contributed by atoms with Gasteiger partial charge in [-0.2, -0.15) is 0 Å². The molecule has 0 aliphatic rings. The molecule has 0 aromatic heterocycles. The Hall–Kier alpha value is 2.13. The van der Waals surface area contributed by atoms with E-state index >= 15 is 0 Å². The van der Waals surface area contributed by atoms with E-state index in [4.69, 9.17) is 9.11 Å². The molecule has 28 valence electrons. The van der Waals surface area contributed by atoms with Gasteiger partial charge in [0.1, 0.15) is 10.0 Å². The Balaban J connectivity index is -0.0000000450. The summed E-state index contributed by atoms with van der Waals surface area (Å²) in [6.45, 7) is 0. The van der Waals surface area contributed by atoms with E-state index in [1.165, 1.54) is 0 Å². The standard InChI is InChI=1S/K.H2O2S2.H/c;1-4(2)3;/h;(H2,1,2,3);/q+1;;-1. The third-order valence-electron chi connectivity index (χ3n) is 0. The first-order chi connectivity index (χ1) is 1.73. The zero-order valence-electron chi connectivity index (χ0n) is 3.71. The van der Waals surface area contributed by atoms with Crippen LogP contribution in [0.2, 0.25) is 0 Å². The average Bonchev–Trinajstić information content (AvgIpc) is 0.811. The average molecular weight is 138 g/mol. The maximum Gasteiger partial charge on any atom is 1.00 e. The molecule has 0 radical (unpaired) electrons. The fourth-order valence-electron chi connectivity index (χ4n) is 0. The van der Waals surface area contributed by atoms with Crippen LogP contribution in [0.5, 0.6) is 0 Å². The Morgan fingerprint density at radius 3 is 1.60 bits per heavy atom. The van der Waals surface area contributed by atoms with Gasteiger partial charge in [0.15, 0.2) is 0 Å². The van der Waals surface area contributed by atoms with E-state index in [0.29, 0.717) is 0 Å². The van der Waals surface area contributed by atoms with Crippen LogP contribution in [0.4, 0.5) is 0 Å². The molecule has 5 heteroatoms. The second kappa shape index (κ2) is 6.13. The predicted octanol–water partition coefficient (Wildman–Crippen LogP) is -2.87. The van der Waals surface area contributed by atoms with Gasteiger partial charge in [-0.3, -0.25) is 0 Å². The first-order valence-electron chi connectivity index (χ1n) is 0.532. The van der Waals surface area contributed by atoms with E-state index in [2.05, 4.69) is 11.2 Å². The van der Waals surface area contributed by atoms with Crippen LogP contribution in [0.3, 0.4) is 0 Å². The molecule has 0 fully saturated rings. The van der Waals surface area contributed by atoms with Crippen LogP contribution in [0.1, 0.15) is 1.43 Å². The molecule has 0 aliphatic carbocycles. The monoisotopic (exact) mass is 138 g/mol. The summed E-state index contributed by atoms with van der Waals surface area (Å²) in [5.41, 5.74) is 0. The van der Waals surface area contributed by atoms with Gasteiger partial charge in [-0.1, -0.05) is 0 Å². The van der Waals surface area contributed by atoms with Gasteiger partial charge >= 0.3 is 51.4 Å². The van der Waals surface area contributed by atoms with Crippen molar-refractivity contribution in [3.8, 4) is 0 Å². The summed E-state index contributed by atoms with van der Waals surface area (Å²) >= 11 is 3.76. The Morgan fingerprint density at radius 1 is 1.60 bits per heavy atom. The van der Waals surface area contributed by atoms with E-state index in [-0.39, 0.29) is 52.8 Å². The van der Waals surface area contributed by atoms with Crippen molar-refractivity contribution in [2.24, 2.45) is 0 Å². The number of hydrogen-bond donors (Lipinski definition) is 2. The molecule has 0 saturated carbocycles. The minimum absolute atomic E-state index is 0. The van der Waals surface area contributed by atoms with Crippen molar-refractivity contribution in [3.63, 3.8) is 0 Å². The van der Waals surface area contributed by atoms with E-state index < -0.39 is 10.0 Å². The SMILES string of the molecule is OS(O)=S.[H-].[K+]. The quantitative estimate of drug-likeness (QED) is 0.354. The number of rotatable bonds is 0. The summed E-state index contributed by atoms with van der Waals surface area (Å²) in [6, 6.07) is 0. The topological polar surface area (TPSA) is 40.5 Å². The molecule has 0 bridgehead atoms. The summed E-state index contributed by atoms with van der Waals surface area (Å²) in [7, 11) is -1.78.